The molecule has 1 saturated heterocycles. The highest BCUT2D eigenvalue weighted by molar-refractivity contribution is 5.94. The van der Waals surface area contributed by atoms with Crippen LogP contribution in [0.25, 0.3) is 11.0 Å². The van der Waals surface area contributed by atoms with E-state index in [0.29, 0.717) is 36.2 Å². The fourth-order valence-electron chi connectivity index (χ4n) is 6.42. The molecule has 6 rings (SSSR count). The van der Waals surface area contributed by atoms with Crippen molar-refractivity contribution in [2.45, 2.75) is 37.8 Å². The van der Waals surface area contributed by atoms with E-state index in [9.17, 15) is 4.79 Å². The number of benzene rings is 3. The zero-order valence-electron chi connectivity index (χ0n) is 26.9. The van der Waals surface area contributed by atoms with Gasteiger partial charge in [-0.1, -0.05) is 36.4 Å². The van der Waals surface area contributed by atoms with Gasteiger partial charge in [0.05, 0.1) is 44.3 Å². The average Bonchev–Trinajstić information content (AvgIpc) is 3.75. The van der Waals surface area contributed by atoms with E-state index in [1.807, 2.05) is 60.5 Å². The Labute approximate surface area is 270 Å². The predicted octanol–water partition coefficient (Wildman–Crippen LogP) is 6.52. The summed E-state index contributed by atoms with van der Waals surface area (Å²) in [5.74, 6) is 2.47. The summed E-state index contributed by atoms with van der Waals surface area (Å²) >= 11 is 0. The van der Waals surface area contributed by atoms with Gasteiger partial charge in [0.15, 0.2) is 11.5 Å². The van der Waals surface area contributed by atoms with Crippen LogP contribution in [0.4, 0.5) is 5.95 Å². The fourth-order valence-corrected chi connectivity index (χ4v) is 6.42. The van der Waals surface area contributed by atoms with E-state index < -0.39 is 0 Å². The summed E-state index contributed by atoms with van der Waals surface area (Å²) in [6.45, 7) is 4.25. The third-order valence-electron chi connectivity index (χ3n) is 9.03. The van der Waals surface area contributed by atoms with E-state index in [0.717, 1.165) is 67.0 Å². The molecule has 1 amide bonds. The van der Waals surface area contributed by atoms with Crippen molar-refractivity contribution in [3.8, 4) is 11.5 Å². The number of fused-ring (bicyclic) bond motifs is 1. The van der Waals surface area contributed by atoms with Gasteiger partial charge in [0.25, 0.3) is 5.91 Å². The molecule has 9 heteroatoms. The second kappa shape index (κ2) is 14.6. The number of likely N-dealkylation sites (tertiary alicyclic amines) is 1. The number of amides is 1. The van der Waals surface area contributed by atoms with Crippen LogP contribution >= 0.6 is 0 Å². The Morgan fingerprint density at radius 3 is 2.50 bits per heavy atom. The maximum atomic E-state index is 13.2. The van der Waals surface area contributed by atoms with Gasteiger partial charge in [0, 0.05) is 49.8 Å². The van der Waals surface area contributed by atoms with E-state index in [-0.39, 0.29) is 11.8 Å². The molecule has 3 heterocycles. The number of hydrogen-bond donors (Lipinski definition) is 1. The van der Waals surface area contributed by atoms with Crippen molar-refractivity contribution in [3.63, 3.8) is 0 Å². The van der Waals surface area contributed by atoms with Crippen LogP contribution in [0.5, 0.6) is 11.5 Å². The quantitative estimate of drug-likeness (QED) is 0.160. The predicted molar refractivity (Wildman–Crippen MR) is 181 cm³/mol. The molecule has 1 atom stereocenters. The molecular formula is C37H43N5O4. The Morgan fingerprint density at radius 2 is 1.76 bits per heavy atom. The number of ether oxygens (including phenoxy) is 2. The molecule has 1 fully saturated rings. The van der Waals surface area contributed by atoms with Crippen LogP contribution < -0.4 is 14.8 Å². The van der Waals surface area contributed by atoms with Crippen LogP contribution in [0.2, 0.25) is 0 Å². The van der Waals surface area contributed by atoms with Crippen molar-refractivity contribution in [1.82, 2.24) is 19.4 Å². The maximum Gasteiger partial charge on any atom is 0.253 e. The number of carbonyl (C=O) groups excluding carboxylic acids is 1. The number of furan rings is 1. The largest absolute Gasteiger partial charge is 0.493 e. The number of piperidine rings is 1. The number of nitrogens with one attached hydrogen (secondary N) is 1. The summed E-state index contributed by atoms with van der Waals surface area (Å²) in [5, 5.41) is 3.76. The summed E-state index contributed by atoms with van der Waals surface area (Å²) in [5.41, 5.74) is 5.05. The number of anilines is 1. The smallest absolute Gasteiger partial charge is 0.253 e. The molecule has 3 aromatic carbocycles. The first-order chi connectivity index (χ1) is 22.5. The zero-order valence-corrected chi connectivity index (χ0v) is 26.9. The molecule has 1 unspecified atom stereocenters. The number of imidazole rings is 1. The first-order valence-corrected chi connectivity index (χ1v) is 16.0. The summed E-state index contributed by atoms with van der Waals surface area (Å²) in [4.78, 5) is 22.6. The molecule has 0 saturated carbocycles. The molecule has 5 aromatic rings. The second-order valence-corrected chi connectivity index (χ2v) is 12.1. The Morgan fingerprint density at radius 1 is 1.00 bits per heavy atom. The lowest BCUT2D eigenvalue weighted by atomic mass is 9.93. The van der Waals surface area contributed by atoms with Gasteiger partial charge in [-0.05, 0) is 73.8 Å². The minimum absolute atomic E-state index is 0.0248. The number of nitrogens with zero attached hydrogens (tertiary/aromatic N) is 4. The first kappa shape index (κ1) is 31.2. The third-order valence-corrected chi connectivity index (χ3v) is 9.03. The average molecular weight is 622 g/mol. The van der Waals surface area contributed by atoms with Crippen molar-refractivity contribution >= 4 is 22.9 Å². The third kappa shape index (κ3) is 7.21. The lowest BCUT2D eigenvalue weighted by Gasteiger charge is -2.34. The Bertz CT molecular complexity index is 1710. The van der Waals surface area contributed by atoms with Gasteiger partial charge in [-0.3, -0.25) is 4.79 Å². The van der Waals surface area contributed by atoms with E-state index in [4.69, 9.17) is 18.9 Å². The van der Waals surface area contributed by atoms with E-state index in [1.165, 1.54) is 0 Å². The topological polar surface area (TPSA) is 85.0 Å². The Balaban J connectivity index is 1.10. The van der Waals surface area contributed by atoms with Gasteiger partial charge in [0.2, 0.25) is 5.95 Å². The monoisotopic (exact) mass is 621 g/mol. The summed E-state index contributed by atoms with van der Waals surface area (Å²) in [6, 6.07) is 26.2. The van der Waals surface area contributed by atoms with Crippen LogP contribution in [-0.4, -0.2) is 78.7 Å². The van der Waals surface area contributed by atoms with Crippen LogP contribution in [-0.2, 0) is 6.54 Å². The van der Waals surface area contributed by atoms with Gasteiger partial charge in [-0.2, -0.15) is 0 Å². The normalized spacial score (nSPS) is 14.7. The molecule has 0 radical (unpaired) electrons. The van der Waals surface area contributed by atoms with E-state index in [2.05, 4.69) is 45.1 Å². The molecule has 46 heavy (non-hydrogen) atoms. The van der Waals surface area contributed by atoms with Gasteiger partial charge in [0.1, 0.15) is 0 Å². The first-order valence-electron chi connectivity index (χ1n) is 16.0. The number of para-hydroxylation sites is 2. The van der Waals surface area contributed by atoms with Crippen LogP contribution in [0.15, 0.2) is 95.8 Å². The number of aromatic nitrogens is 2. The molecular weight excluding hydrogens is 578 g/mol. The standard InChI is InChI=1S/C37H43N5O4/c1-40(36(43)28-9-5-4-6-10-28)25-30(29-13-14-34(44-2)35(23-29)45-3)15-19-41-20-16-31(17-21-41)38-37-39-32-11-7-8-12-33(32)42(37)24-27-18-22-46-26-27/h4-14,18,22-23,26,30-31H,15-17,19-21,24-25H2,1-3H3,(H,38,39). The van der Waals surface area contributed by atoms with Gasteiger partial charge < -0.3 is 33.6 Å². The van der Waals surface area contributed by atoms with Crippen LogP contribution in [0.1, 0.15) is 46.7 Å². The van der Waals surface area contributed by atoms with Crippen molar-refractivity contribution in [1.29, 1.82) is 0 Å². The zero-order chi connectivity index (χ0) is 31.9. The highest BCUT2D eigenvalue weighted by Crippen LogP contribution is 2.33. The van der Waals surface area contributed by atoms with Gasteiger partial charge >= 0.3 is 0 Å². The lowest BCUT2D eigenvalue weighted by Crippen LogP contribution is -2.40. The molecule has 1 aliphatic rings. The lowest BCUT2D eigenvalue weighted by molar-refractivity contribution is 0.0782. The number of carbonyl (C=O) groups is 1. The van der Waals surface area contributed by atoms with Crippen LogP contribution in [0.3, 0.4) is 0 Å². The minimum Gasteiger partial charge on any atom is -0.493 e. The highest BCUT2D eigenvalue weighted by Gasteiger charge is 2.25. The molecule has 0 aliphatic carbocycles. The number of hydrogen-bond acceptors (Lipinski definition) is 7. The summed E-state index contributed by atoms with van der Waals surface area (Å²) in [6.07, 6.45) is 6.49. The molecule has 2 aromatic heterocycles. The molecule has 0 spiro atoms. The second-order valence-electron chi connectivity index (χ2n) is 12.1. The molecule has 9 nitrogen and oxygen atoms in total. The molecule has 240 valence electrons. The van der Waals surface area contributed by atoms with Gasteiger partial charge in [-0.15, -0.1) is 0 Å². The summed E-state index contributed by atoms with van der Waals surface area (Å²) < 4.78 is 18.7. The van der Waals surface area contributed by atoms with Crippen molar-refractivity contribution < 1.29 is 18.7 Å². The fraction of sp³-hybridized carbons (Fsp3) is 0.351. The van der Waals surface area contributed by atoms with Gasteiger partial charge in [-0.25, -0.2) is 4.98 Å². The minimum atomic E-state index is 0.0248. The number of likely N-dealkylation sites (N-methyl/N-ethyl adjacent to an activating group) is 1. The van der Waals surface area contributed by atoms with Crippen molar-refractivity contribution in [3.05, 3.63) is 108 Å². The number of methoxy groups -OCH3 is 2. The Hall–Kier alpha value is -4.76. The van der Waals surface area contributed by atoms with Crippen LogP contribution in [0, 0.1) is 0 Å². The SMILES string of the molecule is COc1ccc(C(CCN2CCC(Nc3nc4ccccc4n3Cc3ccoc3)CC2)CN(C)C(=O)c2ccccc2)cc1OC. The molecule has 0 bridgehead atoms. The summed E-state index contributed by atoms with van der Waals surface area (Å²) in [7, 11) is 5.20. The van der Waals surface area contributed by atoms with E-state index in [1.54, 1.807) is 26.7 Å². The molecule has 1 N–H and O–H groups in total. The Kier molecular flexibility index (Phi) is 9.88. The molecule has 1 aliphatic heterocycles. The van der Waals surface area contributed by atoms with Crippen molar-refractivity contribution in [2.24, 2.45) is 0 Å². The maximum absolute atomic E-state index is 13.2. The highest BCUT2D eigenvalue weighted by atomic mass is 16.5. The number of rotatable bonds is 13. The van der Waals surface area contributed by atoms with Crippen molar-refractivity contribution in [2.75, 3.05) is 52.8 Å². The van der Waals surface area contributed by atoms with E-state index >= 15 is 0 Å².